The zero-order chi connectivity index (χ0) is 13.8. The number of benzene rings is 1. The third kappa shape index (κ3) is 3.69. The van der Waals surface area contributed by atoms with E-state index < -0.39 is 0 Å². The maximum atomic E-state index is 11.8. The van der Waals surface area contributed by atoms with Gasteiger partial charge < -0.3 is 16.2 Å². The molecule has 0 aliphatic carbocycles. The van der Waals surface area contributed by atoms with Crippen LogP contribution in [-0.4, -0.2) is 16.0 Å². The number of rotatable bonds is 4. The van der Waals surface area contributed by atoms with Crippen LogP contribution in [0.2, 0.25) is 0 Å². The zero-order valence-electron chi connectivity index (χ0n) is 10.5. The summed E-state index contributed by atoms with van der Waals surface area (Å²) < 4.78 is 0. The number of aromatic hydroxyl groups is 1. The van der Waals surface area contributed by atoms with Gasteiger partial charge in [-0.25, -0.2) is 4.98 Å². The Balaban J connectivity index is 1.95. The van der Waals surface area contributed by atoms with Crippen molar-refractivity contribution in [3.05, 3.63) is 40.9 Å². The van der Waals surface area contributed by atoms with E-state index in [0.717, 1.165) is 5.56 Å². The smallest absolute Gasteiger partial charge is 0.226 e. The molecule has 5 nitrogen and oxygen atoms in total. The maximum Gasteiger partial charge on any atom is 0.226 e. The second kappa shape index (κ2) is 5.71. The average molecular weight is 277 g/mol. The highest BCUT2D eigenvalue weighted by Crippen LogP contribution is 2.18. The first kappa shape index (κ1) is 13.4. The maximum absolute atomic E-state index is 11.8. The van der Waals surface area contributed by atoms with Gasteiger partial charge in [0.25, 0.3) is 0 Å². The number of amides is 1. The molecule has 0 saturated heterocycles. The van der Waals surface area contributed by atoms with E-state index in [1.807, 2.05) is 13.0 Å². The van der Waals surface area contributed by atoms with Crippen LogP contribution in [0, 0.1) is 0 Å². The normalized spacial score (nSPS) is 12.1. The Hall–Kier alpha value is -2.08. The van der Waals surface area contributed by atoms with Gasteiger partial charge in [-0.1, -0.05) is 12.1 Å². The molecular weight excluding hydrogens is 262 g/mol. The van der Waals surface area contributed by atoms with Gasteiger partial charge in [0.2, 0.25) is 5.91 Å². The summed E-state index contributed by atoms with van der Waals surface area (Å²) in [5, 5.41) is 14.5. The fourth-order valence-corrected chi connectivity index (χ4v) is 2.30. The van der Waals surface area contributed by atoms with Crippen LogP contribution < -0.4 is 11.1 Å². The number of phenols is 1. The van der Waals surface area contributed by atoms with Gasteiger partial charge in [0.15, 0.2) is 5.13 Å². The van der Waals surface area contributed by atoms with Gasteiger partial charge in [-0.3, -0.25) is 4.79 Å². The predicted octanol–water partition coefficient (Wildman–Crippen LogP) is 1.85. The van der Waals surface area contributed by atoms with Gasteiger partial charge in [-0.15, -0.1) is 11.3 Å². The Morgan fingerprint density at radius 2 is 2.37 bits per heavy atom. The fourth-order valence-electron chi connectivity index (χ4n) is 1.74. The lowest BCUT2D eigenvalue weighted by Gasteiger charge is -2.14. The Kier molecular flexibility index (Phi) is 4.01. The monoisotopic (exact) mass is 277 g/mol. The number of nitrogens with zero attached hydrogens (tertiary/aromatic N) is 1. The van der Waals surface area contributed by atoms with Gasteiger partial charge >= 0.3 is 0 Å². The summed E-state index contributed by atoms with van der Waals surface area (Å²) in [5.41, 5.74) is 7.03. The molecule has 4 N–H and O–H groups in total. The van der Waals surface area contributed by atoms with E-state index in [1.54, 1.807) is 23.6 Å². The number of hydrogen-bond acceptors (Lipinski definition) is 5. The highest BCUT2D eigenvalue weighted by molar-refractivity contribution is 7.13. The molecule has 2 rings (SSSR count). The minimum atomic E-state index is -0.171. The van der Waals surface area contributed by atoms with Crippen molar-refractivity contribution in [1.29, 1.82) is 0 Å². The van der Waals surface area contributed by atoms with Crippen LogP contribution in [0.25, 0.3) is 0 Å². The molecule has 0 fully saturated rings. The van der Waals surface area contributed by atoms with Crippen LogP contribution in [-0.2, 0) is 11.2 Å². The number of carbonyl (C=O) groups excluding carboxylic acids is 1. The summed E-state index contributed by atoms with van der Waals surface area (Å²) in [6, 6.07) is 6.65. The number of nitrogens with two attached hydrogens (primary N) is 1. The number of nitrogens with one attached hydrogen (secondary N) is 1. The molecule has 1 atom stereocenters. The van der Waals surface area contributed by atoms with Crippen molar-refractivity contribution in [2.75, 3.05) is 5.73 Å². The summed E-state index contributed by atoms with van der Waals surface area (Å²) in [5.74, 6) is 0.0621. The molecule has 0 bridgehead atoms. The molecule has 1 unspecified atom stereocenters. The minimum Gasteiger partial charge on any atom is -0.508 e. The third-order valence-electron chi connectivity index (χ3n) is 2.66. The number of thiazole rings is 1. The van der Waals surface area contributed by atoms with Gasteiger partial charge in [0.05, 0.1) is 18.2 Å². The van der Waals surface area contributed by atoms with Gasteiger partial charge in [-0.2, -0.15) is 0 Å². The molecule has 1 heterocycles. The first-order valence-corrected chi connectivity index (χ1v) is 6.70. The van der Waals surface area contributed by atoms with Crippen molar-refractivity contribution >= 4 is 22.4 Å². The van der Waals surface area contributed by atoms with E-state index in [4.69, 9.17) is 5.73 Å². The largest absolute Gasteiger partial charge is 0.508 e. The standard InChI is InChI=1S/C13H15N3O2S/c1-8(9-3-2-4-11(17)5-9)15-12(18)6-10-7-19-13(14)16-10/h2-5,7-8,17H,6H2,1H3,(H2,14,16)(H,15,18). The van der Waals surface area contributed by atoms with E-state index in [0.29, 0.717) is 10.8 Å². The minimum absolute atomic E-state index is 0.124. The summed E-state index contributed by atoms with van der Waals surface area (Å²) >= 11 is 1.32. The second-order valence-corrected chi connectivity index (χ2v) is 5.13. The van der Waals surface area contributed by atoms with Crippen LogP contribution in [0.3, 0.4) is 0 Å². The highest BCUT2D eigenvalue weighted by atomic mass is 32.1. The van der Waals surface area contributed by atoms with Crippen LogP contribution in [0.15, 0.2) is 29.6 Å². The van der Waals surface area contributed by atoms with Gasteiger partial charge in [0.1, 0.15) is 5.75 Å². The topological polar surface area (TPSA) is 88.2 Å². The molecule has 1 aromatic carbocycles. The summed E-state index contributed by atoms with van der Waals surface area (Å²) in [6.45, 7) is 1.86. The molecule has 0 saturated carbocycles. The molecule has 0 spiro atoms. The summed E-state index contributed by atoms with van der Waals surface area (Å²) in [7, 11) is 0. The molecule has 6 heteroatoms. The molecule has 2 aromatic rings. The number of phenolic OH excluding ortho intramolecular Hbond substituents is 1. The number of aromatic nitrogens is 1. The van der Waals surface area contributed by atoms with E-state index in [-0.39, 0.29) is 24.1 Å². The van der Waals surface area contributed by atoms with E-state index in [2.05, 4.69) is 10.3 Å². The number of nitrogen functional groups attached to an aromatic ring is 1. The number of hydrogen-bond donors (Lipinski definition) is 3. The number of carbonyl (C=O) groups is 1. The Morgan fingerprint density at radius 3 is 3.00 bits per heavy atom. The first-order chi connectivity index (χ1) is 9.04. The van der Waals surface area contributed by atoms with Crippen molar-refractivity contribution in [2.24, 2.45) is 0 Å². The lowest BCUT2D eigenvalue weighted by molar-refractivity contribution is -0.121. The first-order valence-electron chi connectivity index (χ1n) is 5.83. The quantitative estimate of drug-likeness (QED) is 0.795. The molecule has 100 valence electrons. The van der Waals surface area contributed by atoms with Crippen LogP contribution in [0.5, 0.6) is 5.75 Å². The fraction of sp³-hybridized carbons (Fsp3) is 0.231. The highest BCUT2D eigenvalue weighted by Gasteiger charge is 2.11. The Morgan fingerprint density at radius 1 is 1.58 bits per heavy atom. The Labute approximate surface area is 115 Å². The summed E-state index contributed by atoms with van der Waals surface area (Å²) in [6.07, 6.45) is 0.205. The average Bonchev–Trinajstić information content (AvgIpc) is 2.74. The molecule has 1 amide bonds. The zero-order valence-corrected chi connectivity index (χ0v) is 11.3. The molecule has 1 aromatic heterocycles. The SMILES string of the molecule is CC(NC(=O)Cc1csc(N)n1)c1cccc(O)c1. The van der Waals surface area contributed by atoms with Crippen LogP contribution in [0.1, 0.15) is 24.2 Å². The molecule has 19 heavy (non-hydrogen) atoms. The van der Waals surface area contributed by atoms with Crippen molar-refractivity contribution in [3.8, 4) is 5.75 Å². The third-order valence-corrected chi connectivity index (χ3v) is 3.38. The van der Waals surface area contributed by atoms with Crippen molar-refractivity contribution in [3.63, 3.8) is 0 Å². The summed E-state index contributed by atoms with van der Waals surface area (Å²) in [4.78, 5) is 15.9. The van der Waals surface area contributed by atoms with Crippen molar-refractivity contribution in [1.82, 2.24) is 10.3 Å². The van der Waals surface area contributed by atoms with Gasteiger partial charge in [-0.05, 0) is 24.6 Å². The second-order valence-electron chi connectivity index (χ2n) is 4.24. The lowest BCUT2D eigenvalue weighted by Crippen LogP contribution is -2.28. The van der Waals surface area contributed by atoms with E-state index >= 15 is 0 Å². The molecule has 0 aliphatic rings. The van der Waals surface area contributed by atoms with Crippen molar-refractivity contribution < 1.29 is 9.90 Å². The Bertz CT molecular complexity index is 583. The lowest BCUT2D eigenvalue weighted by atomic mass is 10.1. The van der Waals surface area contributed by atoms with E-state index in [9.17, 15) is 9.90 Å². The van der Waals surface area contributed by atoms with Gasteiger partial charge in [0, 0.05) is 5.38 Å². The van der Waals surface area contributed by atoms with Crippen molar-refractivity contribution in [2.45, 2.75) is 19.4 Å². The van der Waals surface area contributed by atoms with E-state index in [1.165, 1.54) is 11.3 Å². The van der Waals surface area contributed by atoms with Crippen LogP contribution in [0.4, 0.5) is 5.13 Å². The molecule has 0 aliphatic heterocycles. The van der Waals surface area contributed by atoms with Crippen LogP contribution >= 0.6 is 11.3 Å². The number of anilines is 1. The molecular formula is C13H15N3O2S. The predicted molar refractivity (Wildman–Crippen MR) is 74.9 cm³/mol. The molecule has 0 radical (unpaired) electrons.